The summed E-state index contributed by atoms with van der Waals surface area (Å²) in [5.74, 6) is -0.532. The summed E-state index contributed by atoms with van der Waals surface area (Å²) in [6, 6.07) is 3.53. The summed E-state index contributed by atoms with van der Waals surface area (Å²) >= 11 is 6.14. The van der Waals surface area contributed by atoms with Crippen molar-refractivity contribution in [2.45, 2.75) is 20.0 Å². The molecule has 2 aromatic rings. The molecule has 10 heteroatoms. The molecule has 0 aliphatic heterocycles. The van der Waals surface area contributed by atoms with Crippen LogP contribution in [0.2, 0.25) is 5.15 Å². The van der Waals surface area contributed by atoms with Gasteiger partial charge in [-0.2, -0.15) is 13.5 Å². The lowest BCUT2D eigenvalue weighted by Crippen LogP contribution is -2.40. The van der Waals surface area contributed by atoms with Crippen LogP contribution in [-0.4, -0.2) is 48.0 Å². The fourth-order valence-corrected chi connectivity index (χ4v) is 2.95. The van der Waals surface area contributed by atoms with E-state index in [-0.39, 0.29) is 11.7 Å². The number of likely N-dealkylation sites (N-methyl/N-ethyl adjacent to an activating group) is 1. The van der Waals surface area contributed by atoms with E-state index in [2.05, 4.69) is 10.1 Å². The SMILES string of the molecule is CCN(C(=O)C(C)OS(C)(=O)=O)c1cn(-c2cccnc2)nc1Cl. The van der Waals surface area contributed by atoms with Gasteiger partial charge >= 0.3 is 0 Å². The molecule has 0 fully saturated rings. The Labute approximate surface area is 145 Å². The monoisotopic (exact) mass is 372 g/mol. The number of pyridine rings is 1. The molecule has 2 heterocycles. The van der Waals surface area contributed by atoms with Crippen LogP contribution in [0.3, 0.4) is 0 Å². The normalized spacial score (nSPS) is 12.8. The highest BCUT2D eigenvalue weighted by Gasteiger charge is 2.27. The van der Waals surface area contributed by atoms with E-state index in [1.165, 1.54) is 16.5 Å². The zero-order valence-corrected chi connectivity index (χ0v) is 15.0. The van der Waals surface area contributed by atoms with Crippen molar-refractivity contribution >= 4 is 33.3 Å². The molecular weight excluding hydrogens is 356 g/mol. The van der Waals surface area contributed by atoms with E-state index in [0.29, 0.717) is 11.4 Å². The van der Waals surface area contributed by atoms with Gasteiger partial charge in [-0.05, 0) is 26.0 Å². The first-order valence-electron chi connectivity index (χ1n) is 7.08. The number of aromatic nitrogens is 3. The standard InChI is InChI=1S/C14H17ClN4O4S/c1-4-18(14(20)10(2)23-24(3,21)22)12-9-19(17-13(12)15)11-6-5-7-16-8-11/h5-10H,4H2,1-3H3. The lowest BCUT2D eigenvalue weighted by molar-refractivity contribution is -0.124. The Bertz CT molecular complexity index is 823. The molecule has 0 spiro atoms. The average molecular weight is 373 g/mol. The van der Waals surface area contributed by atoms with Gasteiger partial charge in [-0.3, -0.25) is 14.0 Å². The highest BCUT2D eigenvalue weighted by Crippen LogP contribution is 2.26. The van der Waals surface area contributed by atoms with E-state index in [1.54, 1.807) is 37.6 Å². The average Bonchev–Trinajstić information content (AvgIpc) is 2.89. The summed E-state index contributed by atoms with van der Waals surface area (Å²) in [7, 11) is -3.75. The minimum atomic E-state index is -3.75. The fourth-order valence-electron chi connectivity index (χ4n) is 2.11. The first-order valence-corrected chi connectivity index (χ1v) is 9.27. The Morgan fingerprint density at radius 3 is 2.75 bits per heavy atom. The van der Waals surface area contributed by atoms with Gasteiger partial charge in [0, 0.05) is 12.7 Å². The van der Waals surface area contributed by atoms with Crippen LogP contribution in [0.5, 0.6) is 0 Å². The fraction of sp³-hybridized carbons (Fsp3) is 0.357. The van der Waals surface area contributed by atoms with Crippen LogP contribution in [0, 0.1) is 0 Å². The predicted molar refractivity (Wildman–Crippen MR) is 89.8 cm³/mol. The second-order valence-corrected chi connectivity index (χ2v) is 6.94. The van der Waals surface area contributed by atoms with Crippen LogP contribution in [0.25, 0.3) is 5.69 Å². The van der Waals surface area contributed by atoms with Crippen LogP contribution < -0.4 is 4.90 Å². The van der Waals surface area contributed by atoms with Crippen molar-refractivity contribution in [3.8, 4) is 5.69 Å². The van der Waals surface area contributed by atoms with Crippen molar-refractivity contribution < 1.29 is 17.4 Å². The zero-order valence-electron chi connectivity index (χ0n) is 13.4. The highest BCUT2D eigenvalue weighted by molar-refractivity contribution is 7.86. The second-order valence-electron chi connectivity index (χ2n) is 4.99. The number of hydrogen-bond donors (Lipinski definition) is 0. The molecule has 0 N–H and O–H groups in total. The summed E-state index contributed by atoms with van der Waals surface area (Å²) in [5.41, 5.74) is 1.03. The molecule has 0 saturated carbocycles. The van der Waals surface area contributed by atoms with E-state index in [0.717, 1.165) is 6.26 Å². The van der Waals surface area contributed by atoms with Gasteiger partial charge in [0.1, 0.15) is 5.69 Å². The topological polar surface area (TPSA) is 94.4 Å². The van der Waals surface area contributed by atoms with Gasteiger partial charge < -0.3 is 4.90 Å². The number of anilines is 1. The first-order chi connectivity index (χ1) is 11.2. The molecule has 130 valence electrons. The summed E-state index contributed by atoms with van der Waals surface area (Å²) in [6.45, 7) is 3.38. The Kier molecular flexibility index (Phi) is 5.58. The Morgan fingerprint density at radius 1 is 1.50 bits per heavy atom. The quantitative estimate of drug-likeness (QED) is 0.715. The van der Waals surface area contributed by atoms with Crippen LogP contribution in [-0.2, 0) is 19.1 Å². The van der Waals surface area contributed by atoms with Crippen LogP contribution in [0.1, 0.15) is 13.8 Å². The molecule has 0 aliphatic rings. The number of nitrogens with zero attached hydrogens (tertiary/aromatic N) is 4. The Hall–Kier alpha value is -1.97. The van der Waals surface area contributed by atoms with Gasteiger partial charge in [0.25, 0.3) is 16.0 Å². The van der Waals surface area contributed by atoms with Crippen molar-refractivity contribution in [1.82, 2.24) is 14.8 Å². The molecule has 8 nitrogen and oxygen atoms in total. The second kappa shape index (κ2) is 7.29. The maximum Gasteiger partial charge on any atom is 0.265 e. The van der Waals surface area contributed by atoms with Crippen molar-refractivity contribution in [3.05, 3.63) is 35.9 Å². The van der Waals surface area contributed by atoms with Gasteiger partial charge in [0.15, 0.2) is 11.3 Å². The minimum Gasteiger partial charge on any atom is -0.306 e. The van der Waals surface area contributed by atoms with E-state index >= 15 is 0 Å². The third-order valence-electron chi connectivity index (χ3n) is 3.10. The largest absolute Gasteiger partial charge is 0.306 e. The lowest BCUT2D eigenvalue weighted by atomic mass is 10.3. The van der Waals surface area contributed by atoms with Crippen LogP contribution in [0.4, 0.5) is 5.69 Å². The number of carbonyl (C=O) groups excluding carboxylic acids is 1. The Balaban J connectivity index is 2.31. The number of halogens is 1. The van der Waals surface area contributed by atoms with Crippen molar-refractivity contribution in [2.24, 2.45) is 0 Å². The molecule has 1 atom stereocenters. The van der Waals surface area contributed by atoms with Crippen LogP contribution >= 0.6 is 11.6 Å². The molecule has 0 bridgehead atoms. The van der Waals surface area contributed by atoms with E-state index in [1.807, 2.05) is 0 Å². The molecule has 1 unspecified atom stereocenters. The minimum absolute atomic E-state index is 0.112. The molecule has 0 radical (unpaired) electrons. The first kappa shape index (κ1) is 18.4. The number of carbonyl (C=O) groups is 1. The predicted octanol–water partition coefficient (Wildman–Crippen LogP) is 1.64. The van der Waals surface area contributed by atoms with Gasteiger partial charge in [0.2, 0.25) is 0 Å². The summed E-state index contributed by atoms with van der Waals surface area (Å²) in [5, 5.41) is 4.27. The van der Waals surface area contributed by atoms with Gasteiger partial charge in [0.05, 0.1) is 24.3 Å². The third kappa shape index (κ3) is 4.31. The molecular formula is C14H17ClN4O4S. The molecule has 0 aliphatic carbocycles. The smallest absolute Gasteiger partial charge is 0.265 e. The number of rotatable bonds is 6. The zero-order chi connectivity index (χ0) is 17.9. The Morgan fingerprint density at radius 2 is 2.21 bits per heavy atom. The van der Waals surface area contributed by atoms with Crippen LogP contribution in [0.15, 0.2) is 30.7 Å². The van der Waals surface area contributed by atoms with E-state index in [9.17, 15) is 13.2 Å². The molecule has 24 heavy (non-hydrogen) atoms. The maximum absolute atomic E-state index is 12.5. The lowest BCUT2D eigenvalue weighted by Gasteiger charge is -2.22. The number of hydrogen-bond acceptors (Lipinski definition) is 6. The molecule has 0 aromatic carbocycles. The van der Waals surface area contributed by atoms with Crippen molar-refractivity contribution in [1.29, 1.82) is 0 Å². The maximum atomic E-state index is 12.5. The third-order valence-corrected chi connectivity index (χ3v) is 4.01. The summed E-state index contributed by atoms with van der Waals surface area (Å²) < 4.78 is 28.6. The van der Waals surface area contributed by atoms with E-state index in [4.69, 9.17) is 15.8 Å². The van der Waals surface area contributed by atoms with Gasteiger partial charge in [-0.15, -0.1) is 0 Å². The van der Waals surface area contributed by atoms with Crippen molar-refractivity contribution in [2.75, 3.05) is 17.7 Å². The van der Waals surface area contributed by atoms with Gasteiger partial charge in [-0.1, -0.05) is 11.6 Å². The van der Waals surface area contributed by atoms with E-state index < -0.39 is 22.1 Å². The molecule has 0 saturated heterocycles. The summed E-state index contributed by atoms with van der Waals surface area (Å²) in [6.07, 6.45) is 4.52. The highest BCUT2D eigenvalue weighted by atomic mass is 35.5. The summed E-state index contributed by atoms with van der Waals surface area (Å²) in [4.78, 5) is 17.8. The van der Waals surface area contributed by atoms with Gasteiger partial charge in [-0.25, -0.2) is 4.68 Å². The molecule has 1 amide bonds. The van der Waals surface area contributed by atoms with Crippen molar-refractivity contribution in [3.63, 3.8) is 0 Å². The molecule has 2 rings (SSSR count). The number of amides is 1. The molecule has 2 aromatic heterocycles.